The minimum Gasteiger partial charge on any atom is -0.478 e. The molecule has 0 aliphatic carbocycles. The highest BCUT2D eigenvalue weighted by Crippen LogP contribution is 2.21. The number of carbonyl (C=O) groups excluding carboxylic acids is 1. The van der Waals surface area contributed by atoms with Gasteiger partial charge in [-0.15, -0.1) is 0 Å². The average molecular weight is 417 g/mol. The van der Waals surface area contributed by atoms with E-state index in [9.17, 15) is 14.4 Å². The molecule has 0 aliphatic heterocycles. The molecule has 0 radical (unpaired) electrons. The van der Waals surface area contributed by atoms with Crippen molar-refractivity contribution in [1.29, 1.82) is 0 Å². The zero-order valence-electron chi connectivity index (χ0n) is 17.5. The van der Waals surface area contributed by atoms with E-state index in [0.29, 0.717) is 42.1 Å². The number of rotatable bonds is 8. The van der Waals surface area contributed by atoms with Crippen molar-refractivity contribution in [1.82, 2.24) is 10.1 Å². The minimum absolute atomic E-state index is 0.0522. The number of benzene rings is 1. The molecule has 1 aromatic carbocycles. The Hall–Kier alpha value is -3.46. The Labute approximate surface area is 175 Å². The molecule has 30 heavy (non-hydrogen) atoms. The van der Waals surface area contributed by atoms with Crippen LogP contribution in [0.15, 0.2) is 47.0 Å². The monoisotopic (exact) mass is 417 g/mol. The van der Waals surface area contributed by atoms with Gasteiger partial charge in [0.1, 0.15) is 11.3 Å². The summed E-state index contributed by atoms with van der Waals surface area (Å²) in [6, 6.07) is 9.71. The van der Waals surface area contributed by atoms with Gasteiger partial charge in [-0.05, 0) is 39.6 Å². The van der Waals surface area contributed by atoms with Crippen LogP contribution in [-0.4, -0.2) is 65.3 Å². The van der Waals surface area contributed by atoms with Crippen LogP contribution in [0.3, 0.4) is 0 Å². The van der Waals surface area contributed by atoms with Crippen molar-refractivity contribution >= 4 is 23.5 Å². The number of hydrogen-bond donors (Lipinski definition) is 2. The van der Waals surface area contributed by atoms with Crippen LogP contribution in [0.5, 0.6) is 0 Å². The first-order chi connectivity index (χ1) is 14.2. The molecule has 0 saturated carbocycles. The predicted octanol–water partition coefficient (Wildman–Crippen LogP) is 2.47. The number of amides is 1. The topological polar surface area (TPSA) is 124 Å². The molecule has 0 bridgehead atoms. The number of aliphatic carboxylic acids is 2. The molecule has 0 saturated heterocycles. The smallest absolute Gasteiger partial charge is 0.328 e. The molecule has 1 heterocycles. The van der Waals surface area contributed by atoms with Crippen molar-refractivity contribution in [2.24, 2.45) is 0 Å². The van der Waals surface area contributed by atoms with E-state index < -0.39 is 11.9 Å². The van der Waals surface area contributed by atoms with E-state index in [1.165, 1.54) is 0 Å². The first kappa shape index (κ1) is 24.6. The predicted molar refractivity (Wildman–Crippen MR) is 112 cm³/mol. The van der Waals surface area contributed by atoms with E-state index in [1.54, 1.807) is 11.8 Å². The molecule has 2 aromatic rings. The maximum Gasteiger partial charge on any atom is 0.328 e. The largest absolute Gasteiger partial charge is 0.478 e. The second-order valence-electron chi connectivity index (χ2n) is 6.52. The number of nitrogens with zero attached hydrogens (tertiary/aromatic N) is 3. The Morgan fingerprint density at radius 1 is 1.03 bits per heavy atom. The van der Waals surface area contributed by atoms with Crippen molar-refractivity contribution in [3.63, 3.8) is 0 Å². The molecular formula is C21H27N3O6. The van der Waals surface area contributed by atoms with Gasteiger partial charge in [0.25, 0.3) is 5.91 Å². The molecule has 9 nitrogen and oxygen atoms in total. The van der Waals surface area contributed by atoms with Gasteiger partial charge in [0.15, 0.2) is 0 Å². The van der Waals surface area contributed by atoms with Crippen molar-refractivity contribution in [2.75, 3.05) is 32.1 Å². The normalized spacial score (nSPS) is 10.6. The molecule has 0 spiro atoms. The molecule has 162 valence electrons. The number of aryl methyl sites for hydroxylation is 2. The van der Waals surface area contributed by atoms with Crippen molar-refractivity contribution in [3.8, 4) is 0 Å². The molecule has 1 amide bonds. The summed E-state index contributed by atoms with van der Waals surface area (Å²) in [5, 5.41) is 19.6. The van der Waals surface area contributed by atoms with Gasteiger partial charge in [0, 0.05) is 30.9 Å². The summed E-state index contributed by atoms with van der Waals surface area (Å²) < 4.78 is 5.21. The lowest BCUT2D eigenvalue weighted by Gasteiger charge is -2.24. The summed E-state index contributed by atoms with van der Waals surface area (Å²) in [5.74, 6) is -1.99. The molecule has 9 heteroatoms. The van der Waals surface area contributed by atoms with E-state index in [1.807, 2.05) is 51.4 Å². The summed E-state index contributed by atoms with van der Waals surface area (Å²) in [7, 11) is 3.99. The zero-order chi connectivity index (χ0) is 22.7. The standard InChI is InChI=1S/C17H23N3O2.C4H4O4/c1-5-15-16(13(2)22-18-15)17(21)20(12-11-19(3)4)14-9-7-6-8-10-14;5-3(6)1-2-4(7)8/h6-10H,5,11-12H2,1-4H3;1-2H,(H,5,6)(H,7,8)/b;2-1-. The fraction of sp³-hybridized carbons (Fsp3) is 0.333. The van der Waals surface area contributed by atoms with E-state index in [0.717, 1.165) is 12.2 Å². The Balaban J connectivity index is 0.000000479. The van der Waals surface area contributed by atoms with Gasteiger partial charge < -0.3 is 24.5 Å². The Morgan fingerprint density at radius 2 is 1.60 bits per heavy atom. The summed E-state index contributed by atoms with van der Waals surface area (Å²) in [6.07, 6.45) is 1.79. The molecule has 0 atom stereocenters. The lowest BCUT2D eigenvalue weighted by atomic mass is 10.1. The lowest BCUT2D eigenvalue weighted by Crippen LogP contribution is -2.37. The summed E-state index contributed by atoms with van der Waals surface area (Å²) >= 11 is 0. The molecule has 2 rings (SSSR count). The second-order valence-corrected chi connectivity index (χ2v) is 6.52. The van der Waals surface area contributed by atoms with E-state index >= 15 is 0 Å². The highest BCUT2D eigenvalue weighted by Gasteiger charge is 2.25. The maximum absolute atomic E-state index is 13.0. The molecule has 2 N–H and O–H groups in total. The van der Waals surface area contributed by atoms with Crippen molar-refractivity contribution in [3.05, 3.63) is 59.5 Å². The van der Waals surface area contributed by atoms with Crippen LogP contribution in [0.1, 0.15) is 28.7 Å². The van der Waals surface area contributed by atoms with Gasteiger partial charge in [0.2, 0.25) is 0 Å². The maximum atomic E-state index is 13.0. The molecule has 0 aliphatic rings. The average Bonchev–Trinajstić information content (AvgIpc) is 3.08. The molecule has 0 unspecified atom stereocenters. The highest BCUT2D eigenvalue weighted by molar-refractivity contribution is 6.07. The van der Waals surface area contributed by atoms with Crippen LogP contribution in [0.4, 0.5) is 5.69 Å². The third kappa shape index (κ3) is 7.88. The molecular weight excluding hydrogens is 390 g/mol. The van der Waals surface area contributed by atoms with E-state index in [4.69, 9.17) is 14.7 Å². The zero-order valence-corrected chi connectivity index (χ0v) is 17.5. The van der Waals surface area contributed by atoms with Crippen LogP contribution in [0.25, 0.3) is 0 Å². The van der Waals surface area contributed by atoms with Gasteiger partial charge in [-0.2, -0.15) is 0 Å². The van der Waals surface area contributed by atoms with Gasteiger partial charge in [-0.3, -0.25) is 4.79 Å². The molecule has 0 fully saturated rings. The fourth-order valence-corrected chi connectivity index (χ4v) is 2.47. The number of carboxylic acids is 2. The number of carbonyl (C=O) groups is 3. The SMILES string of the molecule is CCc1noc(C)c1C(=O)N(CCN(C)C)c1ccccc1.O=C(O)/C=C\C(=O)O. The van der Waals surface area contributed by atoms with Crippen molar-refractivity contribution < 1.29 is 29.1 Å². The van der Waals surface area contributed by atoms with Crippen LogP contribution in [0.2, 0.25) is 0 Å². The fourth-order valence-electron chi connectivity index (χ4n) is 2.47. The van der Waals surface area contributed by atoms with Crippen LogP contribution >= 0.6 is 0 Å². The number of hydrogen-bond acceptors (Lipinski definition) is 6. The number of para-hydroxylation sites is 1. The Kier molecular flexibility index (Phi) is 9.98. The highest BCUT2D eigenvalue weighted by atomic mass is 16.5. The number of carboxylic acid groups (broad SMARTS) is 2. The molecule has 1 aromatic heterocycles. The van der Waals surface area contributed by atoms with E-state index in [-0.39, 0.29) is 5.91 Å². The Morgan fingerprint density at radius 3 is 2.07 bits per heavy atom. The first-order valence-corrected chi connectivity index (χ1v) is 9.28. The Bertz CT molecular complexity index is 858. The van der Waals surface area contributed by atoms with E-state index in [2.05, 4.69) is 10.1 Å². The van der Waals surface area contributed by atoms with Crippen LogP contribution in [-0.2, 0) is 16.0 Å². The summed E-state index contributed by atoms with van der Waals surface area (Å²) in [5.41, 5.74) is 2.19. The van der Waals surface area contributed by atoms with Crippen molar-refractivity contribution in [2.45, 2.75) is 20.3 Å². The van der Waals surface area contributed by atoms with Gasteiger partial charge in [-0.1, -0.05) is 30.3 Å². The van der Waals surface area contributed by atoms with Gasteiger partial charge >= 0.3 is 11.9 Å². The third-order valence-electron chi connectivity index (χ3n) is 3.93. The number of likely N-dealkylation sites (N-methyl/N-ethyl adjacent to an activating group) is 1. The third-order valence-corrected chi connectivity index (χ3v) is 3.93. The van der Waals surface area contributed by atoms with Gasteiger partial charge in [-0.25, -0.2) is 9.59 Å². The second kappa shape index (κ2) is 12.2. The van der Waals surface area contributed by atoms with Gasteiger partial charge in [0.05, 0.1) is 5.69 Å². The number of aromatic nitrogens is 1. The first-order valence-electron chi connectivity index (χ1n) is 9.28. The van der Waals surface area contributed by atoms with Crippen LogP contribution in [0, 0.1) is 6.92 Å². The van der Waals surface area contributed by atoms with Crippen LogP contribution < -0.4 is 4.90 Å². The lowest BCUT2D eigenvalue weighted by molar-refractivity contribution is -0.134. The summed E-state index contributed by atoms with van der Waals surface area (Å²) in [6.45, 7) is 5.16. The minimum atomic E-state index is -1.26. The number of anilines is 1. The summed E-state index contributed by atoms with van der Waals surface area (Å²) in [4.78, 5) is 36.0. The quantitative estimate of drug-likeness (QED) is 0.628.